The lowest BCUT2D eigenvalue weighted by Gasteiger charge is -2.14. The van der Waals surface area contributed by atoms with Gasteiger partial charge in [0.05, 0.1) is 19.2 Å². The quantitative estimate of drug-likeness (QED) is 0.126. The van der Waals surface area contributed by atoms with Gasteiger partial charge in [-0.25, -0.2) is 4.79 Å². The summed E-state index contributed by atoms with van der Waals surface area (Å²) in [6.45, 7) is 0.482. The Kier molecular flexibility index (Phi) is 10.7. The van der Waals surface area contributed by atoms with Crippen LogP contribution in [0.15, 0.2) is 72.9 Å². The molecule has 0 atom stereocenters. The molecule has 4 N–H and O–H groups in total. The van der Waals surface area contributed by atoms with Gasteiger partial charge in [0.1, 0.15) is 17.2 Å². The summed E-state index contributed by atoms with van der Waals surface area (Å²) in [4.78, 5) is 27.6. The van der Waals surface area contributed by atoms with Crippen LogP contribution in [0.2, 0.25) is 0 Å². The summed E-state index contributed by atoms with van der Waals surface area (Å²) >= 11 is 0. The Hall–Kier alpha value is -5.20. The van der Waals surface area contributed by atoms with E-state index in [0.29, 0.717) is 52.6 Å². The number of nitrogens with zero attached hydrogens (tertiary/aromatic N) is 1. The lowest BCUT2D eigenvalue weighted by molar-refractivity contribution is -0.274. The summed E-state index contributed by atoms with van der Waals surface area (Å²) in [5, 5.41) is 5.89. The maximum Gasteiger partial charge on any atom is 0.573 e. The minimum Gasteiger partial charge on any atom is -0.493 e. The van der Waals surface area contributed by atoms with E-state index in [0.717, 1.165) is 37.8 Å². The number of urea groups is 1. The summed E-state index contributed by atoms with van der Waals surface area (Å²) in [5.74, 6) is 1.43. The highest BCUT2D eigenvalue weighted by molar-refractivity contribution is 5.99. The average molecular weight is 613 g/mol. The maximum absolute atomic E-state index is 12.3. The zero-order valence-electron chi connectivity index (χ0n) is 23.8. The maximum atomic E-state index is 12.3. The van der Waals surface area contributed by atoms with Crippen LogP contribution in [0.4, 0.5) is 29.3 Å². The normalized spacial score (nSPS) is 11.1. The predicted molar refractivity (Wildman–Crippen MR) is 158 cm³/mol. The molecule has 0 aliphatic carbocycles. The molecule has 3 amide bonds. The van der Waals surface area contributed by atoms with Crippen LogP contribution in [0, 0.1) is 0 Å². The molecule has 0 spiro atoms. The van der Waals surface area contributed by atoms with E-state index < -0.39 is 18.1 Å². The number of halogens is 3. The van der Waals surface area contributed by atoms with Gasteiger partial charge >= 0.3 is 12.4 Å². The second kappa shape index (κ2) is 14.8. The van der Waals surface area contributed by atoms with Crippen LogP contribution >= 0.6 is 0 Å². The molecule has 0 fully saturated rings. The highest BCUT2D eigenvalue weighted by atomic mass is 19.4. The average Bonchev–Trinajstić information content (AvgIpc) is 2.97. The number of rotatable bonds is 14. The van der Waals surface area contributed by atoms with Gasteiger partial charge in [0.15, 0.2) is 11.5 Å². The standard InChI is InChI=1S/C31H31F3N4O6/c1-41-27-18-24-25(19-28(27)42-17-5-3-2-4-6-29(35)39)36-16-15-26(24)43-22-11-7-20(8-12-22)37-30(40)38-21-9-13-23(14-10-21)44-31(32,33)34/h7-16,18-19H,2-6,17H2,1H3,(H2,35,39)(H2,37,38,40). The van der Waals surface area contributed by atoms with Gasteiger partial charge in [0.25, 0.3) is 0 Å². The number of ether oxygens (including phenoxy) is 4. The molecule has 4 aromatic rings. The third-order valence-corrected chi connectivity index (χ3v) is 6.25. The van der Waals surface area contributed by atoms with Crippen molar-refractivity contribution in [3.05, 3.63) is 72.9 Å². The fourth-order valence-electron chi connectivity index (χ4n) is 4.19. The van der Waals surface area contributed by atoms with Gasteiger partial charge in [-0.1, -0.05) is 12.8 Å². The number of primary amides is 1. The number of hydrogen-bond acceptors (Lipinski definition) is 7. The van der Waals surface area contributed by atoms with E-state index in [2.05, 4.69) is 20.4 Å². The molecule has 44 heavy (non-hydrogen) atoms. The zero-order chi connectivity index (χ0) is 31.5. The molecule has 10 nitrogen and oxygen atoms in total. The van der Waals surface area contributed by atoms with Gasteiger partial charge in [0.2, 0.25) is 5.91 Å². The van der Waals surface area contributed by atoms with Crippen molar-refractivity contribution in [2.24, 2.45) is 5.73 Å². The number of methoxy groups -OCH3 is 1. The number of benzene rings is 3. The summed E-state index contributed by atoms with van der Waals surface area (Å²) in [7, 11) is 1.55. The van der Waals surface area contributed by atoms with Crippen molar-refractivity contribution in [1.82, 2.24) is 4.98 Å². The number of nitrogens with one attached hydrogen (secondary N) is 2. The lowest BCUT2D eigenvalue weighted by atomic mass is 10.1. The summed E-state index contributed by atoms with van der Waals surface area (Å²) in [6.07, 6.45) is 0.605. The van der Waals surface area contributed by atoms with Crippen molar-refractivity contribution in [3.63, 3.8) is 0 Å². The van der Waals surface area contributed by atoms with Crippen LogP contribution in [-0.4, -0.2) is 37.0 Å². The van der Waals surface area contributed by atoms with Crippen molar-refractivity contribution >= 4 is 34.2 Å². The van der Waals surface area contributed by atoms with E-state index in [1.54, 1.807) is 55.8 Å². The Bertz CT molecular complexity index is 1560. The molecule has 0 radical (unpaired) electrons. The molecule has 0 unspecified atom stereocenters. The van der Waals surface area contributed by atoms with Gasteiger partial charge < -0.3 is 35.3 Å². The number of hydrogen-bond donors (Lipinski definition) is 3. The topological polar surface area (TPSA) is 134 Å². The Morgan fingerprint density at radius 2 is 1.45 bits per heavy atom. The van der Waals surface area contributed by atoms with Gasteiger partial charge in [-0.2, -0.15) is 0 Å². The monoisotopic (exact) mass is 612 g/mol. The highest BCUT2D eigenvalue weighted by Crippen LogP contribution is 2.37. The van der Waals surface area contributed by atoms with Crippen LogP contribution < -0.4 is 35.3 Å². The van der Waals surface area contributed by atoms with Crippen molar-refractivity contribution in [1.29, 1.82) is 0 Å². The van der Waals surface area contributed by atoms with Gasteiger partial charge in [-0.15, -0.1) is 13.2 Å². The van der Waals surface area contributed by atoms with Gasteiger partial charge in [-0.3, -0.25) is 9.78 Å². The molecular weight excluding hydrogens is 581 g/mol. The van der Waals surface area contributed by atoms with Gasteiger partial charge in [-0.05, 0) is 73.5 Å². The van der Waals surface area contributed by atoms with Crippen molar-refractivity contribution < 1.29 is 41.7 Å². The second-order valence-electron chi connectivity index (χ2n) is 9.59. The van der Waals surface area contributed by atoms with E-state index in [9.17, 15) is 22.8 Å². The molecule has 13 heteroatoms. The third-order valence-electron chi connectivity index (χ3n) is 6.25. The molecule has 0 aliphatic heterocycles. The Morgan fingerprint density at radius 3 is 2.07 bits per heavy atom. The lowest BCUT2D eigenvalue weighted by Crippen LogP contribution is -2.19. The molecule has 0 saturated heterocycles. The Morgan fingerprint density at radius 1 is 0.818 bits per heavy atom. The van der Waals surface area contributed by atoms with Crippen LogP contribution in [0.1, 0.15) is 32.1 Å². The second-order valence-corrected chi connectivity index (χ2v) is 9.59. The Balaban J connectivity index is 1.33. The molecule has 1 aromatic heterocycles. The number of nitrogens with two attached hydrogens (primary N) is 1. The summed E-state index contributed by atoms with van der Waals surface area (Å²) in [5.41, 5.74) is 6.55. The number of carbonyl (C=O) groups excluding carboxylic acids is 2. The number of pyridine rings is 1. The molecule has 232 valence electrons. The highest BCUT2D eigenvalue weighted by Gasteiger charge is 2.31. The molecule has 0 bridgehead atoms. The smallest absolute Gasteiger partial charge is 0.493 e. The number of alkyl halides is 3. The predicted octanol–water partition coefficient (Wildman–Crippen LogP) is 7.39. The number of unbranched alkanes of at least 4 members (excludes halogenated alkanes) is 3. The van der Waals surface area contributed by atoms with Crippen LogP contribution in [0.5, 0.6) is 28.7 Å². The van der Waals surface area contributed by atoms with Crippen molar-refractivity contribution in [3.8, 4) is 28.7 Å². The first-order chi connectivity index (χ1) is 21.1. The molecule has 0 saturated carbocycles. The van der Waals surface area contributed by atoms with Crippen molar-refractivity contribution in [2.45, 2.75) is 38.5 Å². The third kappa shape index (κ3) is 9.68. The number of fused-ring (bicyclic) bond motifs is 1. The first kappa shape index (κ1) is 31.7. The van der Waals surface area contributed by atoms with Gasteiger partial charge in [0, 0.05) is 35.4 Å². The molecule has 0 aliphatic rings. The largest absolute Gasteiger partial charge is 0.573 e. The van der Waals surface area contributed by atoms with Crippen molar-refractivity contribution in [2.75, 3.05) is 24.4 Å². The minimum absolute atomic E-state index is 0.280. The first-order valence-electron chi connectivity index (χ1n) is 13.7. The fraction of sp³-hybridized carbons (Fsp3) is 0.258. The molecule has 4 rings (SSSR count). The number of anilines is 2. The van der Waals surface area contributed by atoms with Crippen LogP contribution in [-0.2, 0) is 4.79 Å². The molecule has 3 aromatic carbocycles. The van der Waals surface area contributed by atoms with E-state index in [-0.39, 0.29) is 11.6 Å². The van der Waals surface area contributed by atoms with E-state index in [1.165, 1.54) is 12.1 Å². The molecule has 1 heterocycles. The number of amides is 3. The zero-order valence-corrected chi connectivity index (χ0v) is 23.8. The van der Waals surface area contributed by atoms with E-state index in [1.807, 2.05) is 0 Å². The van der Waals surface area contributed by atoms with Crippen LogP contribution in [0.3, 0.4) is 0 Å². The number of aromatic nitrogens is 1. The fourth-order valence-corrected chi connectivity index (χ4v) is 4.19. The van der Waals surface area contributed by atoms with E-state index >= 15 is 0 Å². The summed E-state index contributed by atoms with van der Waals surface area (Å²) in [6, 6.07) is 16.1. The summed E-state index contributed by atoms with van der Waals surface area (Å²) < 4.78 is 58.4. The van der Waals surface area contributed by atoms with E-state index in [4.69, 9.17) is 19.9 Å². The minimum atomic E-state index is -4.80. The van der Waals surface area contributed by atoms with Crippen LogP contribution in [0.25, 0.3) is 10.9 Å². The molecular formula is C31H31F3N4O6. The SMILES string of the molecule is COc1cc2c(Oc3ccc(NC(=O)Nc4ccc(OC(F)(F)F)cc4)cc3)ccnc2cc1OCCCCCCC(N)=O. The first-order valence-corrected chi connectivity index (χ1v) is 13.7. The Labute approximate surface area is 251 Å². The number of carbonyl (C=O) groups is 2.